The molecule has 0 fully saturated rings. The molecular formula is C6H13NaO. The van der Waals surface area contributed by atoms with Crippen LogP contribution in [0.4, 0.5) is 0 Å². The summed E-state index contributed by atoms with van der Waals surface area (Å²) in [5.74, 6) is 0.467. The molecule has 44 valence electrons. The molecule has 1 nitrogen and oxygen atoms in total. The topological polar surface area (TPSA) is 20.2 Å². The molecule has 0 aromatic heterocycles. The number of rotatable bonds is 2. The van der Waals surface area contributed by atoms with Gasteiger partial charge < -0.3 is 0 Å². The average molecular weight is 124 g/mol. The molecule has 0 radical (unpaired) electrons. The summed E-state index contributed by atoms with van der Waals surface area (Å²) in [5, 5.41) is 9.35. The Labute approximate surface area is 68.9 Å². The van der Waals surface area contributed by atoms with Crippen molar-refractivity contribution in [1.29, 1.82) is 0 Å². The summed E-state index contributed by atoms with van der Waals surface area (Å²) in [4.78, 5) is 0. The second-order valence-corrected chi connectivity index (χ2v) is 4.99. The van der Waals surface area contributed by atoms with Crippen LogP contribution in [0.2, 0.25) is 0 Å². The van der Waals surface area contributed by atoms with E-state index in [2.05, 4.69) is 13.8 Å². The molecule has 0 rings (SSSR count). The summed E-state index contributed by atoms with van der Waals surface area (Å²) in [5.41, 5.74) is 0. The first-order valence-corrected chi connectivity index (χ1v) is 4.20. The fourth-order valence-corrected chi connectivity index (χ4v) is 0.908. The van der Waals surface area contributed by atoms with E-state index in [0.29, 0.717) is 5.92 Å². The van der Waals surface area contributed by atoms with Crippen LogP contribution >= 0.6 is 0 Å². The van der Waals surface area contributed by atoms with Gasteiger partial charge in [-0.15, -0.1) is 0 Å². The van der Waals surface area contributed by atoms with E-state index in [-0.39, 0.29) is 2.85 Å². The third-order valence-corrected chi connectivity index (χ3v) is 2.80. The zero-order valence-corrected chi connectivity index (χ0v) is 8.23. The van der Waals surface area contributed by atoms with Crippen LogP contribution in [0.5, 0.6) is 0 Å². The van der Waals surface area contributed by atoms with Crippen molar-refractivity contribution in [3.05, 3.63) is 0 Å². The second-order valence-electron chi connectivity index (χ2n) is 2.96. The minimum atomic E-state index is -0.352. The second kappa shape index (κ2) is 3.21. The Hall–Kier alpha value is 0.960. The predicted molar refractivity (Wildman–Crippen MR) is 35.8 cm³/mol. The zero-order valence-electron chi connectivity index (χ0n) is 6.23. The number of hydrogen-bond acceptors (Lipinski definition) is 1. The maximum atomic E-state index is 9.35. The van der Waals surface area contributed by atoms with Crippen molar-refractivity contribution in [1.82, 2.24) is 0 Å². The van der Waals surface area contributed by atoms with Gasteiger partial charge in [-0.2, -0.15) is 0 Å². The van der Waals surface area contributed by atoms with E-state index >= 15 is 0 Å². The van der Waals surface area contributed by atoms with E-state index in [1.165, 1.54) is 0 Å². The maximum absolute atomic E-state index is 9.35. The molecule has 0 aliphatic rings. The Morgan fingerprint density at radius 2 is 2.12 bits per heavy atom. The van der Waals surface area contributed by atoms with E-state index in [1.54, 1.807) is 0 Å². The molecule has 0 aromatic carbocycles. The first-order chi connectivity index (χ1) is 3.48. The van der Waals surface area contributed by atoms with Gasteiger partial charge in [0.25, 0.3) is 0 Å². The number of hydrogen-bond donors (Lipinski definition) is 1. The molecular weight excluding hydrogens is 111 g/mol. The van der Waals surface area contributed by atoms with Crippen LogP contribution in [0.25, 0.3) is 0 Å². The van der Waals surface area contributed by atoms with Crippen molar-refractivity contribution in [3.63, 3.8) is 0 Å². The minimum absolute atomic E-state index is 0.352. The molecule has 0 bridgehead atoms. The van der Waals surface area contributed by atoms with Gasteiger partial charge in [0.2, 0.25) is 0 Å². The summed E-state index contributed by atoms with van der Waals surface area (Å²) < 4.78 is -0.352. The summed E-state index contributed by atoms with van der Waals surface area (Å²) in [6.45, 7) is 6.11. The predicted octanol–water partition coefficient (Wildman–Crippen LogP) is 0.909. The van der Waals surface area contributed by atoms with E-state index in [1.807, 2.05) is 6.92 Å². The van der Waals surface area contributed by atoms with Crippen LogP contribution in [0.15, 0.2) is 0 Å². The van der Waals surface area contributed by atoms with Crippen molar-refractivity contribution in [2.24, 2.45) is 5.92 Å². The Morgan fingerprint density at radius 3 is 2.12 bits per heavy atom. The Kier molecular flexibility index (Phi) is 3.60. The Bertz CT molecular complexity index is 65.4. The Morgan fingerprint density at radius 1 is 1.75 bits per heavy atom. The van der Waals surface area contributed by atoms with Gasteiger partial charge in [0.15, 0.2) is 0 Å². The quantitative estimate of drug-likeness (QED) is 0.542. The standard InChI is InChI=1S/C6H13O.Na/c1-4-5(2)6(3)7;/h5,7H,4H2,1-3H3;. The average Bonchev–Trinajstić information content (AvgIpc) is 1.62. The van der Waals surface area contributed by atoms with Gasteiger partial charge in [0.05, 0.1) is 0 Å². The first kappa shape index (κ1) is 8.96. The van der Waals surface area contributed by atoms with Crippen LogP contribution in [0, 0.1) is 5.92 Å². The molecule has 0 spiro atoms. The molecule has 2 atom stereocenters. The number of aliphatic hydroxyl groups is 1. The molecule has 0 saturated heterocycles. The summed E-state index contributed by atoms with van der Waals surface area (Å²) in [6, 6.07) is 0. The molecule has 0 amide bonds. The summed E-state index contributed by atoms with van der Waals surface area (Å²) in [7, 11) is 0. The molecule has 0 aliphatic heterocycles. The Balaban J connectivity index is 3.62. The molecule has 2 heteroatoms. The van der Waals surface area contributed by atoms with Crippen LogP contribution in [0.3, 0.4) is 0 Å². The van der Waals surface area contributed by atoms with Crippen molar-refractivity contribution in [2.75, 3.05) is 0 Å². The molecule has 8 heavy (non-hydrogen) atoms. The monoisotopic (exact) mass is 124 g/mol. The van der Waals surface area contributed by atoms with Crippen molar-refractivity contribution < 1.29 is 5.11 Å². The van der Waals surface area contributed by atoms with Crippen LogP contribution in [0.1, 0.15) is 27.2 Å². The van der Waals surface area contributed by atoms with Gasteiger partial charge in [-0.05, 0) is 0 Å². The van der Waals surface area contributed by atoms with Crippen molar-refractivity contribution >= 4 is 27.9 Å². The van der Waals surface area contributed by atoms with E-state index in [4.69, 9.17) is 0 Å². The van der Waals surface area contributed by atoms with E-state index in [9.17, 15) is 5.11 Å². The summed E-state index contributed by atoms with van der Waals surface area (Å²) >= 11 is 0.877. The van der Waals surface area contributed by atoms with Crippen LogP contribution in [-0.2, 0) is 0 Å². The van der Waals surface area contributed by atoms with Gasteiger partial charge >= 0.3 is 69.0 Å². The normalized spacial score (nSPS) is 22.2. The fourth-order valence-electron chi connectivity index (χ4n) is 0.500. The molecule has 2 unspecified atom stereocenters. The SMILES string of the molecule is CCC(C)[C](C)(O)[Na]. The molecule has 0 saturated carbocycles. The van der Waals surface area contributed by atoms with Crippen molar-refractivity contribution in [2.45, 2.75) is 30.0 Å². The molecule has 0 aliphatic carbocycles. The molecule has 1 N–H and O–H groups in total. The molecule has 0 heterocycles. The summed E-state index contributed by atoms with van der Waals surface area (Å²) in [6.07, 6.45) is 1.08. The van der Waals surface area contributed by atoms with E-state index in [0.717, 1.165) is 34.4 Å². The van der Waals surface area contributed by atoms with Gasteiger partial charge in [-0.3, -0.25) is 0 Å². The molecule has 0 aromatic rings. The van der Waals surface area contributed by atoms with Crippen molar-refractivity contribution in [3.8, 4) is 0 Å². The van der Waals surface area contributed by atoms with Gasteiger partial charge in [-0.1, -0.05) is 0 Å². The first-order valence-electron chi connectivity index (χ1n) is 3.20. The third-order valence-electron chi connectivity index (χ3n) is 1.82. The van der Waals surface area contributed by atoms with Gasteiger partial charge in [0.1, 0.15) is 0 Å². The van der Waals surface area contributed by atoms with Gasteiger partial charge in [0, 0.05) is 0 Å². The third kappa shape index (κ3) is 3.08. The van der Waals surface area contributed by atoms with E-state index < -0.39 is 0 Å². The van der Waals surface area contributed by atoms with Crippen LogP contribution < -0.4 is 0 Å². The van der Waals surface area contributed by atoms with Gasteiger partial charge in [-0.25, -0.2) is 0 Å². The van der Waals surface area contributed by atoms with Crippen LogP contribution in [-0.4, -0.2) is 35.9 Å². The fraction of sp³-hybridized carbons (Fsp3) is 1.00. The zero-order chi connectivity index (χ0) is 6.78.